The summed E-state index contributed by atoms with van der Waals surface area (Å²) in [7, 11) is 0. The molecule has 1 heterocycles. The summed E-state index contributed by atoms with van der Waals surface area (Å²) in [6, 6.07) is 8.49. The molecule has 0 amide bonds. The Morgan fingerprint density at radius 1 is 0.938 bits per heavy atom. The van der Waals surface area contributed by atoms with E-state index >= 15 is 0 Å². The van der Waals surface area contributed by atoms with E-state index < -0.39 is 29.2 Å². The monoisotopic (exact) mass is 474 g/mol. The molecular formula is C22H20F6N2OS. The molecule has 10 heteroatoms. The maximum absolute atomic E-state index is 13.0. The Hall–Kier alpha value is -2.62. The van der Waals surface area contributed by atoms with E-state index in [1.807, 2.05) is 19.1 Å². The van der Waals surface area contributed by atoms with E-state index in [-0.39, 0.29) is 22.9 Å². The Morgan fingerprint density at radius 2 is 1.44 bits per heavy atom. The number of nitrogens with one attached hydrogen (secondary N) is 1. The van der Waals surface area contributed by atoms with Crippen LogP contribution in [0.1, 0.15) is 39.9 Å². The lowest BCUT2D eigenvalue weighted by Gasteiger charge is -2.33. The number of benzene rings is 2. The normalized spacial score (nSPS) is 15.5. The summed E-state index contributed by atoms with van der Waals surface area (Å²) in [6.07, 6.45) is -8.92. The minimum atomic E-state index is -4.94. The third-order valence-electron chi connectivity index (χ3n) is 5.33. The van der Waals surface area contributed by atoms with Gasteiger partial charge in [-0.2, -0.15) is 26.3 Å². The highest BCUT2D eigenvalue weighted by Crippen LogP contribution is 2.37. The van der Waals surface area contributed by atoms with E-state index in [9.17, 15) is 31.1 Å². The van der Waals surface area contributed by atoms with Crippen molar-refractivity contribution < 1.29 is 31.1 Å². The Labute approximate surface area is 186 Å². The topological polar surface area (TPSA) is 32.3 Å². The van der Waals surface area contributed by atoms with Gasteiger partial charge in [-0.25, -0.2) is 0 Å². The molecule has 0 aromatic heterocycles. The molecule has 32 heavy (non-hydrogen) atoms. The maximum atomic E-state index is 13.0. The predicted octanol–water partition coefficient (Wildman–Crippen LogP) is 6.32. The summed E-state index contributed by atoms with van der Waals surface area (Å²) in [4.78, 5) is 14.3. The SMILES string of the molecule is Cc1ccc(C(=O)C2CCN(C(=S)Nc3cc(C(F)(F)F)cc(C(F)(F)F)c3)CC2)cc1. The van der Waals surface area contributed by atoms with Crippen LogP contribution in [0.2, 0.25) is 0 Å². The zero-order valence-electron chi connectivity index (χ0n) is 17.0. The number of piperidine rings is 1. The first-order valence-electron chi connectivity index (χ1n) is 9.81. The molecule has 0 spiro atoms. The summed E-state index contributed by atoms with van der Waals surface area (Å²) >= 11 is 5.21. The number of hydrogen-bond acceptors (Lipinski definition) is 2. The van der Waals surface area contributed by atoms with Crippen molar-refractivity contribution in [3.63, 3.8) is 0 Å². The number of alkyl halides is 6. The van der Waals surface area contributed by atoms with Gasteiger partial charge in [0, 0.05) is 30.3 Å². The van der Waals surface area contributed by atoms with Gasteiger partial charge in [-0.1, -0.05) is 29.8 Å². The Bertz CT molecular complexity index is 961. The van der Waals surface area contributed by atoms with Crippen LogP contribution >= 0.6 is 12.2 Å². The number of anilines is 1. The zero-order valence-corrected chi connectivity index (χ0v) is 17.8. The molecule has 3 nitrogen and oxygen atoms in total. The van der Waals surface area contributed by atoms with Gasteiger partial charge in [-0.15, -0.1) is 0 Å². The fourth-order valence-electron chi connectivity index (χ4n) is 3.53. The van der Waals surface area contributed by atoms with Crippen molar-refractivity contribution in [2.75, 3.05) is 18.4 Å². The van der Waals surface area contributed by atoms with E-state index in [1.54, 1.807) is 17.0 Å². The highest BCUT2D eigenvalue weighted by molar-refractivity contribution is 7.80. The van der Waals surface area contributed by atoms with Gasteiger partial charge in [-0.05, 0) is 50.2 Å². The number of rotatable bonds is 3. The molecule has 0 unspecified atom stereocenters. The van der Waals surface area contributed by atoms with Gasteiger partial charge in [0.05, 0.1) is 11.1 Å². The number of hydrogen-bond donors (Lipinski definition) is 1. The number of likely N-dealkylation sites (tertiary alicyclic amines) is 1. The second-order valence-electron chi connectivity index (χ2n) is 7.72. The molecule has 1 aliphatic rings. The van der Waals surface area contributed by atoms with Gasteiger partial charge in [0.25, 0.3) is 0 Å². The first-order valence-corrected chi connectivity index (χ1v) is 10.2. The van der Waals surface area contributed by atoms with E-state index in [4.69, 9.17) is 12.2 Å². The number of halogens is 6. The lowest BCUT2D eigenvalue weighted by atomic mass is 9.89. The van der Waals surface area contributed by atoms with E-state index in [2.05, 4.69) is 5.32 Å². The van der Waals surface area contributed by atoms with Crippen molar-refractivity contribution in [2.45, 2.75) is 32.1 Å². The van der Waals surface area contributed by atoms with Crippen molar-refractivity contribution in [1.82, 2.24) is 4.90 Å². The van der Waals surface area contributed by atoms with Crippen LogP contribution in [0.15, 0.2) is 42.5 Å². The van der Waals surface area contributed by atoms with Gasteiger partial charge >= 0.3 is 12.4 Å². The van der Waals surface area contributed by atoms with Crippen LogP contribution in [0.25, 0.3) is 0 Å². The van der Waals surface area contributed by atoms with Crippen molar-refractivity contribution in [1.29, 1.82) is 0 Å². The number of aryl methyl sites for hydroxylation is 1. The molecule has 1 aliphatic heterocycles. The first kappa shape index (κ1) is 24.0. The molecule has 0 aliphatic carbocycles. The van der Waals surface area contributed by atoms with E-state index in [0.717, 1.165) is 5.56 Å². The molecular weight excluding hydrogens is 454 g/mol. The molecule has 0 saturated carbocycles. The van der Waals surface area contributed by atoms with Gasteiger partial charge in [0.1, 0.15) is 0 Å². The van der Waals surface area contributed by atoms with Gasteiger partial charge in [-0.3, -0.25) is 4.79 Å². The minimum absolute atomic E-state index is 0.0104. The van der Waals surface area contributed by atoms with Gasteiger partial charge in [0.15, 0.2) is 10.9 Å². The summed E-state index contributed by atoms with van der Waals surface area (Å²) in [5.74, 6) is -0.210. The van der Waals surface area contributed by atoms with Crippen LogP contribution in [-0.4, -0.2) is 28.9 Å². The van der Waals surface area contributed by atoms with Crippen LogP contribution in [0.3, 0.4) is 0 Å². The molecule has 0 bridgehead atoms. The van der Waals surface area contributed by atoms with Crippen molar-refractivity contribution >= 4 is 28.8 Å². The van der Waals surface area contributed by atoms with E-state index in [0.29, 0.717) is 43.6 Å². The molecule has 3 rings (SSSR count). The summed E-state index contributed by atoms with van der Waals surface area (Å²) < 4.78 is 78.2. The smallest absolute Gasteiger partial charge is 0.349 e. The summed E-state index contributed by atoms with van der Waals surface area (Å²) in [5, 5.41) is 2.50. The van der Waals surface area contributed by atoms with Crippen molar-refractivity contribution in [3.05, 3.63) is 64.7 Å². The third-order valence-corrected chi connectivity index (χ3v) is 5.69. The van der Waals surface area contributed by atoms with Crippen LogP contribution in [0.5, 0.6) is 0 Å². The lowest BCUT2D eigenvalue weighted by molar-refractivity contribution is -0.143. The molecule has 0 atom stereocenters. The van der Waals surface area contributed by atoms with Gasteiger partial charge in [0.2, 0.25) is 0 Å². The first-order chi connectivity index (χ1) is 14.8. The molecule has 2 aromatic carbocycles. The average molecular weight is 474 g/mol. The number of thiocarbonyl (C=S) groups is 1. The Morgan fingerprint density at radius 3 is 1.91 bits per heavy atom. The largest absolute Gasteiger partial charge is 0.416 e. The summed E-state index contributed by atoms with van der Waals surface area (Å²) in [6.45, 7) is 2.64. The van der Waals surface area contributed by atoms with Crippen LogP contribution in [-0.2, 0) is 12.4 Å². The highest BCUT2D eigenvalue weighted by atomic mass is 32.1. The number of Topliss-reactive ketones (excluding diaryl/α,β-unsaturated/α-hetero) is 1. The number of carbonyl (C=O) groups is 1. The predicted molar refractivity (Wildman–Crippen MR) is 112 cm³/mol. The van der Waals surface area contributed by atoms with E-state index in [1.165, 1.54) is 0 Å². The van der Waals surface area contributed by atoms with Crippen molar-refractivity contribution in [2.24, 2.45) is 5.92 Å². The third kappa shape index (κ3) is 5.79. The molecule has 1 fully saturated rings. The molecule has 1 saturated heterocycles. The quantitative estimate of drug-likeness (QED) is 0.320. The number of carbonyl (C=O) groups excluding carboxylic acids is 1. The average Bonchev–Trinajstić information content (AvgIpc) is 2.72. The highest BCUT2D eigenvalue weighted by Gasteiger charge is 2.37. The summed E-state index contributed by atoms with van der Waals surface area (Å²) in [5.41, 5.74) is -1.58. The van der Waals surface area contributed by atoms with Crippen molar-refractivity contribution in [3.8, 4) is 0 Å². The zero-order chi connectivity index (χ0) is 23.7. The maximum Gasteiger partial charge on any atom is 0.416 e. The molecule has 1 N–H and O–H groups in total. The molecule has 0 radical (unpaired) electrons. The number of ketones is 1. The van der Waals surface area contributed by atoms with Crippen LogP contribution in [0.4, 0.5) is 32.0 Å². The Kier molecular flexibility index (Phi) is 6.83. The molecule has 2 aromatic rings. The Balaban J connectivity index is 1.67. The lowest BCUT2D eigenvalue weighted by Crippen LogP contribution is -2.42. The second-order valence-corrected chi connectivity index (χ2v) is 8.10. The fourth-order valence-corrected chi connectivity index (χ4v) is 3.83. The standard InChI is InChI=1S/C22H20F6N2OS/c1-13-2-4-14(5-3-13)19(31)15-6-8-30(9-7-15)20(32)29-18-11-16(21(23,24)25)10-17(12-18)22(26,27)28/h2-5,10-12,15H,6-9H2,1H3,(H,29,32). The molecule has 172 valence electrons. The fraction of sp³-hybridized carbons (Fsp3) is 0.364. The minimum Gasteiger partial charge on any atom is -0.349 e. The van der Waals surface area contributed by atoms with Crippen LogP contribution in [0, 0.1) is 12.8 Å². The number of nitrogens with zero attached hydrogens (tertiary/aromatic N) is 1. The second kappa shape index (κ2) is 9.09. The van der Waals surface area contributed by atoms with Gasteiger partial charge < -0.3 is 10.2 Å². The van der Waals surface area contributed by atoms with Crippen LogP contribution < -0.4 is 5.32 Å².